The lowest BCUT2D eigenvalue weighted by atomic mass is 10.2. The van der Waals surface area contributed by atoms with E-state index in [-0.39, 0.29) is 0 Å². The van der Waals surface area contributed by atoms with Crippen molar-refractivity contribution in [1.82, 2.24) is 0 Å². The first-order valence-electron chi connectivity index (χ1n) is 8.23. The van der Waals surface area contributed by atoms with Crippen LogP contribution in [0, 0.1) is 0 Å². The van der Waals surface area contributed by atoms with E-state index in [9.17, 15) is 0 Å². The molecule has 0 aromatic rings. The van der Waals surface area contributed by atoms with Gasteiger partial charge in [-0.2, -0.15) is 0 Å². The third-order valence-electron chi connectivity index (χ3n) is 4.62. The van der Waals surface area contributed by atoms with Crippen LogP contribution in [-0.4, -0.2) is 0 Å². The minimum Gasteiger partial charge on any atom is -0.133 e. The maximum atomic E-state index is 2.79. The molecule has 2 unspecified atom stereocenters. The van der Waals surface area contributed by atoms with Gasteiger partial charge in [-0.1, -0.05) is 48.5 Å². The summed E-state index contributed by atoms with van der Waals surface area (Å²) in [7, 11) is 5.57. The van der Waals surface area contributed by atoms with E-state index in [2.05, 4.69) is 91.3 Å². The molecule has 0 bridgehead atoms. The first-order valence-corrected chi connectivity index (χ1v) is 9.86. The van der Waals surface area contributed by atoms with E-state index in [0.717, 1.165) is 12.3 Å². The summed E-state index contributed by atoms with van der Waals surface area (Å²) in [6, 6.07) is 26.9. The zero-order chi connectivity index (χ0) is 16.5. The Kier molecular flexibility index (Phi) is 4.36. The number of hydrogen-bond acceptors (Lipinski definition) is 0. The van der Waals surface area contributed by atoms with Gasteiger partial charge in [-0.15, -0.1) is 18.5 Å². The molecule has 0 aromatic carbocycles. The molecule has 0 spiro atoms. The van der Waals surface area contributed by atoms with Crippen LogP contribution in [0.15, 0.2) is 72.8 Å². The summed E-state index contributed by atoms with van der Waals surface area (Å²) in [6.07, 6.45) is 1.99. The molecule has 0 N–H and O–H groups in total. The molecule has 0 amide bonds. The zero-order valence-electron chi connectivity index (χ0n) is 13.5. The predicted octanol–water partition coefficient (Wildman–Crippen LogP) is 6.31. The largest absolute Gasteiger partial charge is 0.133 e. The van der Waals surface area contributed by atoms with E-state index in [1.54, 1.807) is 0 Å². The molecule has 0 saturated heterocycles. The maximum Gasteiger partial charge on any atom is -0.0128 e. The summed E-state index contributed by atoms with van der Waals surface area (Å²) in [5.41, 5.74) is 10.5. The van der Waals surface area contributed by atoms with Crippen molar-refractivity contribution in [2.24, 2.45) is 0 Å². The van der Waals surface area contributed by atoms with Crippen LogP contribution >= 0.6 is 18.5 Å². The molecule has 0 nitrogen and oxygen atoms in total. The van der Waals surface area contributed by atoms with Gasteiger partial charge in [0.1, 0.15) is 0 Å². The second-order valence-electron chi connectivity index (χ2n) is 6.20. The summed E-state index contributed by atoms with van der Waals surface area (Å²) in [6.45, 7) is 0. The van der Waals surface area contributed by atoms with E-state index in [0.29, 0.717) is 0 Å². The molecule has 4 aliphatic carbocycles. The fraction of sp³-hybridized carbons (Fsp3) is 0.0909. The Morgan fingerprint density at radius 3 is 0.958 bits per heavy atom. The number of fused-ring (bicyclic) bond motifs is 2. The molecule has 4 rings (SSSR count). The van der Waals surface area contributed by atoms with E-state index in [1.165, 1.54) is 44.5 Å². The summed E-state index contributed by atoms with van der Waals surface area (Å²) >= 11 is 0. The van der Waals surface area contributed by atoms with Crippen molar-refractivity contribution in [3.8, 4) is 33.4 Å². The lowest BCUT2D eigenvalue weighted by Gasteiger charge is -1.89. The minimum absolute atomic E-state index is 0.994. The van der Waals surface area contributed by atoms with Crippen LogP contribution in [-0.2, 0) is 12.3 Å². The molecule has 0 heterocycles. The van der Waals surface area contributed by atoms with Crippen LogP contribution in [0.4, 0.5) is 0 Å². The van der Waals surface area contributed by atoms with Gasteiger partial charge in [-0.25, -0.2) is 0 Å². The highest BCUT2D eigenvalue weighted by molar-refractivity contribution is 7.15. The van der Waals surface area contributed by atoms with Crippen LogP contribution in [0.25, 0.3) is 33.4 Å². The van der Waals surface area contributed by atoms with Gasteiger partial charge in [0.15, 0.2) is 0 Å². The summed E-state index contributed by atoms with van der Waals surface area (Å²) < 4.78 is 0. The molecular weight excluding hydrogens is 326 g/mol. The molecular formula is C22H20P2. The molecule has 0 aliphatic heterocycles. The topological polar surface area (TPSA) is 0 Å². The first kappa shape index (κ1) is 15.8. The Morgan fingerprint density at radius 2 is 0.708 bits per heavy atom. The maximum absolute atomic E-state index is 2.79. The van der Waals surface area contributed by atoms with Crippen LogP contribution in [0.5, 0.6) is 0 Å². The van der Waals surface area contributed by atoms with Gasteiger partial charge in [0.2, 0.25) is 0 Å². The van der Waals surface area contributed by atoms with Crippen LogP contribution in [0.1, 0.15) is 11.1 Å². The fourth-order valence-electron chi connectivity index (χ4n) is 3.17. The van der Waals surface area contributed by atoms with Crippen LogP contribution in [0.3, 0.4) is 0 Å². The molecule has 0 saturated carbocycles. The summed E-state index contributed by atoms with van der Waals surface area (Å²) in [5.74, 6) is 0. The summed E-state index contributed by atoms with van der Waals surface area (Å²) in [5, 5.41) is 0. The second-order valence-corrected chi connectivity index (χ2v) is 7.02. The van der Waals surface area contributed by atoms with Crippen molar-refractivity contribution in [2.75, 3.05) is 0 Å². The zero-order valence-corrected chi connectivity index (χ0v) is 15.8. The van der Waals surface area contributed by atoms with E-state index in [1.807, 2.05) is 0 Å². The van der Waals surface area contributed by atoms with E-state index in [4.69, 9.17) is 0 Å². The lowest BCUT2D eigenvalue weighted by molar-refractivity contribution is 1.45. The second kappa shape index (κ2) is 6.64. The molecule has 0 aromatic heterocycles. The SMILES string of the molecule is PCc1ccc2cc(-c3cc4ccc(CP)ccc-4c3)cc-2cc1. The number of rotatable bonds is 3. The normalized spacial score (nSPS) is 11.2. The Bertz CT molecular complexity index is 796. The number of hydrogen-bond donors (Lipinski definition) is 0. The highest BCUT2D eigenvalue weighted by atomic mass is 31.0. The fourth-order valence-corrected chi connectivity index (χ4v) is 3.71. The molecule has 2 heteroatoms. The lowest BCUT2D eigenvalue weighted by Crippen LogP contribution is -1.67. The van der Waals surface area contributed by atoms with Gasteiger partial charge >= 0.3 is 0 Å². The molecule has 24 heavy (non-hydrogen) atoms. The van der Waals surface area contributed by atoms with Gasteiger partial charge in [-0.05, 0) is 81.1 Å². The van der Waals surface area contributed by atoms with Gasteiger partial charge in [0.05, 0.1) is 0 Å². The smallest absolute Gasteiger partial charge is 0.0128 e. The predicted molar refractivity (Wildman–Crippen MR) is 112 cm³/mol. The highest BCUT2D eigenvalue weighted by Gasteiger charge is 2.11. The third-order valence-corrected chi connectivity index (χ3v) is 5.57. The van der Waals surface area contributed by atoms with Crippen molar-refractivity contribution in [3.05, 3.63) is 83.9 Å². The Hall–Kier alpha value is -1.74. The van der Waals surface area contributed by atoms with Crippen LogP contribution < -0.4 is 0 Å². The minimum atomic E-state index is 0.994. The van der Waals surface area contributed by atoms with Crippen molar-refractivity contribution in [3.63, 3.8) is 0 Å². The molecule has 0 radical (unpaired) electrons. The van der Waals surface area contributed by atoms with E-state index < -0.39 is 0 Å². The molecule has 4 aliphatic rings. The standard InChI is InChI=1S/C22H20P2/c23-13-15-1-5-17-9-21(10-18(17)6-2-15)22-11-19-7-3-16(14-24)4-8-20(19)12-22/h1-12H,13-14,23-24H2. The highest BCUT2D eigenvalue weighted by Crippen LogP contribution is 2.37. The van der Waals surface area contributed by atoms with Gasteiger partial charge in [0, 0.05) is 0 Å². The quantitative estimate of drug-likeness (QED) is 0.381. The van der Waals surface area contributed by atoms with Gasteiger partial charge in [-0.3, -0.25) is 0 Å². The van der Waals surface area contributed by atoms with Gasteiger partial charge < -0.3 is 0 Å². The Labute approximate surface area is 148 Å². The monoisotopic (exact) mass is 346 g/mol. The van der Waals surface area contributed by atoms with Crippen LogP contribution in [0.2, 0.25) is 0 Å². The molecule has 0 fully saturated rings. The summed E-state index contributed by atoms with van der Waals surface area (Å²) in [4.78, 5) is 0. The molecule has 2 atom stereocenters. The van der Waals surface area contributed by atoms with Crippen molar-refractivity contribution in [1.29, 1.82) is 0 Å². The van der Waals surface area contributed by atoms with E-state index >= 15 is 0 Å². The Morgan fingerprint density at radius 1 is 0.417 bits per heavy atom. The first-order chi connectivity index (χ1) is 11.8. The molecule has 118 valence electrons. The average Bonchev–Trinajstić information content (AvgIpc) is 3.08. The van der Waals surface area contributed by atoms with Gasteiger partial charge in [0.25, 0.3) is 0 Å². The van der Waals surface area contributed by atoms with Crippen molar-refractivity contribution in [2.45, 2.75) is 12.3 Å². The van der Waals surface area contributed by atoms with Crippen molar-refractivity contribution >= 4 is 18.5 Å². The van der Waals surface area contributed by atoms with Crippen molar-refractivity contribution < 1.29 is 0 Å². The average molecular weight is 346 g/mol. The third kappa shape index (κ3) is 2.98. The Balaban J connectivity index is 1.79.